The third-order valence-corrected chi connectivity index (χ3v) is 3.61. The van der Waals surface area contributed by atoms with Crippen molar-refractivity contribution < 1.29 is 9.50 Å². The molecule has 1 atom stereocenters. The highest BCUT2D eigenvalue weighted by molar-refractivity contribution is 5.09. The van der Waals surface area contributed by atoms with E-state index in [9.17, 15) is 19.1 Å². The van der Waals surface area contributed by atoms with E-state index in [-0.39, 0.29) is 12.5 Å². The van der Waals surface area contributed by atoms with Crippen molar-refractivity contribution in [3.05, 3.63) is 26.7 Å². The molecule has 0 spiro atoms. The summed E-state index contributed by atoms with van der Waals surface area (Å²) in [4.78, 5) is 26.7. The quantitative estimate of drug-likeness (QED) is 0.818. The number of H-pyrrole nitrogens is 1. The van der Waals surface area contributed by atoms with Crippen LogP contribution in [0.3, 0.4) is 0 Å². The average molecular weight is 271 g/mol. The van der Waals surface area contributed by atoms with Crippen molar-refractivity contribution in [3.8, 4) is 5.88 Å². The minimum atomic E-state index is -1.31. The Morgan fingerprint density at radius 2 is 2.16 bits per heavy atom. The number of halogens is 1. The van der Waals surface area contributed by atoms with Gasteiger partial charge in [0.1, 0.15) is 0 Å². The van der Waals surface area contributed by atoms with Gasteiger partial charge in [-0.3, -0.25) is 14.3 Å². The molecule has 1 aliphatic heterocycles. The Labute approximate surface area is 109 Å². The van der Waals surface area contributed by atoms with Gasteiger partial charge in [0.2, 0.25) is 11.7 Å². The third kappa shape index (κ3) is 2.70. The third-order valence-electron chi connectivity index (χ3n) is 3.61. The molecule has 1 fully saturated rings. The van der Waals surface area contributed by atoms with Gasteiger partial charge >= 0.3 is 5.69 Å². The second kappa shape index (κ2) is 5.16. The van der Waals surface area contributed by atoms with Crippen LogP contribution < -0.4 is 11.2 Å². The van der Waals surface area contributed by atoms with E-state index in [1.807, 2.05) is 4.98 Å². The van der Waals surface area contributed by atoms with Crippen LogP contribution in [-0.4, -0.2) is 38.7 Å². The molecule has 2 N–H and O–H groups in total. The fourth-order valence-electron chi connectivity index (χ4n) is 2.44. The molecule has 1 aromatic heterocycles. The van der Waals surface area contributed by atoms with Gasteiger partial charge in [-0.05, 0) is 32.7 Å². The van der Waals surface area contributed by atoms with E-state index in [1.54, 1.807) is 0 Å². The van der Waals surface area contributed by atoms with Gasteiger partial charge < -0.3 is 10.0 Å². The number of aromatic amines is 1. The second-order valence-corrected chi connectivity index (χ2v) is 5.25. The number of nitrogens with one attached hydrogen (secondary N) is 1. The summed E-state index contributed by atoms with van der Waals surface area (Å²) in [7, 11) is 0. The number of aromatic nitrogens is 2. The first-order chi connectivity index (χ1) is 8.90. The van der Waals surface area contributed by atoms with Crippen molar-refractivity contribution in [1.82, 2.24) is 14.5 Å². The van der Waals surface area contributed by atoms with Crippen LogP contribution in [0.15, 0.2) is 9.59 Å². The van der Waals surface area contributed by atoms with Gasteiger partial charge in [0.15, 0.2) is 0 Å². The van der Waals surface area contributed by atoms with Gasteiger partial charge in [0.25, 0.3) is 5.56 Å². The fourth-order valence-corrected chi connectivity index (χ4v) is 2.44. The zero-order valence-corrected chi connectivity index (χ0v) is 11.0. The van der Waals surface area contributed by atoms with Crippen molar-refractivity contribution in [2.45, 2.75) is 32.9 Å². The number of likely N-dealkylation sites (tertiary alicyclic amines) is 1. The van der Waals surface area contributed by atoms with E-state index in [2.05, 4.69) is 18.7 Å². The number of aromatic hydroxyl groups is 1. The molecular weight excluding hydrogens is 253 g/mol. The van der Waals surface area contributed by atoms with Crippen molar-refractivity contribution in [3.63, 3.8) is 0 Å². The molecule has 0 saturated carbocycles. The molecule has 19 heavy (non-hydrogen) atoms. The van der Waals surface area contributed by atoms with Crippen LogP contribution in [0.1, 0.15) is 20.3 Å². The smallest absolute Gasteiger partial charge is 0.331 e. The minimum Gasteiger partial charge on any atom is -0.492 e. The lowest BCUT2D eigenvalue weighted by Gasteiger charge is -2.20. The summed E-state index contributed by atoms with van der Waals surface area (Å²) in [5.74, 6) is -2.02. The SMILES string of the molecule is CC(C)N1CCC(Cn2c(O)c(F)c(=O)[nH]c2=O)C1. The van der Waals surface area contributed by atoms with Crippen molar-refractivity contribution in [2.75, 3.05) is 13.1 Å². The molecule has 7 heteroatoms. The van der Waals surface area contributed by atoms with Crippen LogP contribution in [0.4, 0.5) is 4.39 Å². The average Bonchev–Trinajstić information content (AvgIpc) is 2.81. The van der Waals surface area contributed by atoms with Crippen molar-refractivity contribution in [2.24, 2.45) is 5.92 Å². The van der Waals surface area contributed by atoms with Crippen molar-refractivity contribution in [1.29, 1.82) is 0 Å². The van der Waals surface area contributed by atoms with Crippen LogP contribution in [0.5, 0.6) is 5.88 Å². The summed E-state index contributed by atoms with van der Waals surface area (Å²) in [5.41, 5.74) is -1.96. The Balaban J connectivity index is 2.19. The lowest BCUT2D eigenvalue weighted by Crippen LogP contribution is -2.34. The maximum absolute atomic E-state index is 13.3. The molecule has 2 heterocycles. The van der Waals surface area contributed by atoms with Gasteiger partial charge in [0.05, 0.1) is 0 Å². The highest BCUT2D eigenvalue weighted by Crippen LogP contribution is 2.21. The number of nitrogens with zero attached hydrogens (tertiary/aromatic N) is 2. The van der Waals surface area contributed by atoms with Crippen LogP contribution in [-0.2, 0) is 6.54 Å². The van der Waals surface area contributed by atoms with E-state index in [0.717, 1.165) is 24.1 Å². The predicted molar refractivity (Wildman–Crippen MR) is 67.8 cm³/mol. The molecule has 0 amide bonds. The van der Waals surface area contributed by atoms with Gasteiger partial charge in [-0.1, -0.05) is 0 Å². The Kier molecular flexibility index (Phi) is 3.75. The summed E-state index contributed by atoms with van der Waals surface area (Å²) < 4.78 is 14.2. The summed E-state index contributed by atoms with van der Waals surface area (Å²) in [6.45, 7) is 6.10. The maximum Gasteiger partial charge on any atom is 0.331 e. The molecule has 1 unspecified atom stereocenters. The first-order valence-corrected chi connectivity index (χ1v) is 6.35. The monoisotopic (exact) mass is 271 g/mol. The molecule has 1 aliphatic rings. The lowest BCUT2D eigenvalue weighted by atomic mass is 10.1. The first kappa shape index (κ1) is 13.8. The molecule has 6 nitrogen and oxygen atoms in total. The zero-order chi connectivity index (χ0) is 14.2. The van der Waals surface area contributed by atoms with E-state index in [1.165, 1.54) is 0 Å². The Bertz CT molecular complexity index is 579. The molecule has 1 aromatic rings. The molecule has 2 rings (SSSR count). The van der Waals surface area contributed by atoms with E-state index in [0.29, 0.717) is 6.04 Å². The van der Waals surface area contributed by atoms with E-state index < -0.39 is 22.9 Å². The number of hydrogen-bond acceptors (Lipinski definition) is 4. The molecule has 0 bridgehead atoms. The Morgan fingerprint density at radius 1 is 1.47 bits per heavy atom. The molecule has 106 valence electrons. The van der Waals surface area contributed by atoms with Crippen LogP contribution in [0.25, 0.3) is 0 Å². The molecule has 0 aromatic carbocycles. The molecule has 1 saturated heterocycles. The first-order valence-electron chi connectivity index (χ1n) is 6.35. The fraction of sp³-hybridized carbons (Fsp3) is 0.667. The van der Waals surface area contributed by atoms with Gasteiger partial charge in [-0.25, -0.2) is 4.79 Å². The maximum atomic E-state index is 13.3. The largest absolute Gasteiger partial charge is 0.492 e. The highest BCUT2D eigenvalue weighted by atomic mass is 19.1. The Hall–Kier alpha value is -1.63. The number of rotatable bonds is 3. The highest BCUT2D eigenvalue weighted by Gasteiger charge is 2.26. The van der Waals surface area contributed by atoms with Gasteiger partial charge in [-0.2, -0.15) is 4.39 Å². The topological polar surface area (TPSA) is 78.3 Å². The van der Waals surface area contributed by atoms with Crippen LogP contribution >= 0.6 is 0 Å². The van der Waals surface area contributed by atoms with E-state index >= 15 is 0 Å². The zero-order valence-electron chi connectivity index (χ0n) is 11.0. The second-order valence-electron chi connectivity index (χ2n) is 5.25. The number of hydrogen-bond donors (Lipinski definition) is 2. The lowest BCUT2D eigenvalue weighted by molar-refractivity contribution is 0.256. The molecule has 0 aliphatic carbocycles. The van der Waals surface area contributed by atoms with Crippen LogP contribution in [0, 0.1) is 11.7 Å². The van der Waals surface area contributed by atoms with Crippen molar-refractivity contribution >= 4 is 0 Å². The summed E-state index contributed by atoms with van der Waals surface area (Å²) in [6, 6.07) is 0.419. The predicted octanol–water partition coefficient (Wildman–Crippen LogP) is 0.112. The minimum absolute atomic E-state index is 0.163. The summed E-state index contributed by atoms with van der Waals surface area (Å²) >= 11 is 0. The normalized spacial score (nSPS) is 20.3. The summed E-state index contributed by atoms with van der Waals surface area (Å²) in [5, 5.41) is 9.55. The molecule has 0 radical (unpaired) electrons. The van der Waals surface area contributed by atoms with Gasteiger partial charge in [-0.15, -0.1) is 0 Å². The Morgan fingerprint density at radius 3 is 2.74 bits per heavy atom. The van der Waals surface area contributed by atoms with Gasteiger partial charge in [0, 0.05) is 19.1 Å². The van der Waals surface area contributed by atoms with E-state index in [4.69, 9.17) is 0 Å². The molecular formula is C12H18FN3O3. The van der Waals surface area contributed by atoms with Crippen LogP contribution in [0.2, 0.25) is 0 Å². The summed E-state index contributed by atoms with van der Waals surface area (Å²) in [6.07, 6.45) is 0.880. The standard InChI is InChI=1S/C12H18FN3O3/c1-7(2)15-4-3-8(5-15)6-16-11(18)9(13)10(17)14-12(16)19/h7-8,18H,3-6H2,1-2H3,(H,14,17,19).